The lowest BCUT2D eigenvalue weighted by atomic mass is 10.1. The third-order valence-electron chi connectivity index (χ3n) is 1.78. The lowest BCUT2D eigenvalue weighted by Gasteiger charge is -2.02. The molecule has 0 saturated carbocycles. The first kappa shape index (κ1) is 11.0. The summed E-state index contributed by atoms with van der Waals surface area (Å²) in [6, 6.07) is 7.33. The number of rotatable bonds is 3. The number of carboxylic acid groups (broad SMARTS) is 1. The zero-order valence-corrected chi connectivity index (χ0v) is 9.48. The van der Waals surface area contributed by atoms with E-state index in [0.29, 0.717) is 12.0 Å². The van der Waals surface area contributed by atoms with Crippen molar-refractivity contribution in [1.29, 1.82) is 5.26 Å². The van der Waals surface area contributed by atoms with Crippen LogP contribution in [-0.2, 0) is 11.2 Å². The number of hydrogen-bond donors (Lipinski definition) is 1. The smallest absolute Gasteiger partial charge is 0.303 e. The molecular formula is C10H8INO2. The number of aliphatic carboxylic acids is 1. The summed E-state index contributed by atoms with van der Waals surface area (Å²) in [5, 5.41) is 17.2. The number of benzene rings is 1. The van der Waals surface area contributed by atoms with Crippen LogP contribution in [0, 0.1) is 14.9 Å². The number of aryl methyl sites for hydroxylation is 1. The van der Waals surface area contributed by atoms with Crippen LogP contribution in [0.4, 0.5) is 0 Å². The van der Waals surface area contributed by atoms with Gasteiger partial charge in [0.25, 0.3) is 0 Å². The molecule has 1 rings (SSSR count). The predicted molar refractivity (Wildman–Crippen MR) is 59.8 cm³/mol. The average molecular weight is 301 g/mol. The maximum atomic E-state index is 10.4. The molecule has 0 aliphatic heterocycles. The first-order valence-corrected chi connectivity index (χ1v) is 5.11. The third kappa shape index (κ3) is 3.00. The molecule has 0 bridgehead atoms. The van der Waals surface area contributed by atoms with Gasteiger partial charge in [-0.2, -0.15) is 5.26 Å². The molecule has 3 nitrogen and oxygen atoms in total. The monoisotopic (exact) mass is 301 g/mol. The fourth-order valence-corrected chi connectivity index (χ4v) is 1.68. The number of carboxylic acids is 1. The van der Waals surface area contributed by atoms with Crippen LogP contribution in [0.5, 0.6) is 0 Å². The Bertz CT molecular complexity index is 396. The standard InChI is InChI=1S/C10H8INO2/c11-9-3-1-7(6-12)5-8(9)2-4-10(13)14/h1,3,5H,2,4H2,(H,13,14). The van der Waals surface area contributed by atoms with E-state index in [1.807, 2.05) is 12.1 Å². The quantitative estimate of drug-likeness (QED) is 0.870. The predicted octanol–water partition coefficient (Wildman–Crippen LogP) is 2.18. The zero-order chi connectivity index (χ0) is 10.6. The van der Waals surface area contributed by atoms with Crippen LogP contribution in [-0.4, -0.2) is 11.1 Å². The van der Waals surface area contributed by atoms with Gasteiger partial charge in [-0.05, 0) is 52.8 Å². The van der Waals surface area contributed by atoms with Crippen LogP contribution >= 0.6 is 22.6 Å². The van der Waals surface area contributed by atoms with Gasteiger partial charge in [0.05, 0.1) is 11.6 Å². The Labute approximate surface area is 95.5 Å². The minimum absolute atomic E-state index is 0.102. The van der Waals surface area contributed by atoms with Crippen molar-refractivity contribution in [2.45, 2.75) is 12.8 Å². The molecule has 0 radical (unpaired) electrons. The van der Waals surface area contributed by atoms with Crippen LogP contribution in [0.15, 0.2) is 18.2 Å². The maximum Gasteiger partial charge on any atom is 0.303 e. The summed E-state index contributed by atoms with van der Waals surface area (Å²) in [6.07, 6.45) is 0.577. The van der Waals surface area contributed by atoms with Crippen LogP contribution in [0.25, 0.3) is 0 Å². The topological polar surface area (TPSA) is 61.1 Å². The summed E-state index contributed by atoms with van der Waals surface area (Å²) in [7, 11) is 0. The Hall–Kier alpha value is -1.09. The largest absolute Gasteiger partial charge is 0.481 e. The first-order chi connectivity index (χ1) is 6.63. The van der Waals surface area contributed by atoms with Crippen LogP contribution in [0.1, 0.15) is 17.5 Å². The van der Waals surface area contributed by atoms with Crippen molar-refractivity contribution in [3.8, 4) is 6.07 Å². The van der Waals surface area contributed by atoms with Crippen LogP contribution in [0.2, 0.25) is 0 Å². The van der Waals surface area contributed by atoms with E-state index in [9.17, 15) is 4.79 Å². The van der Waals surface area contributed by atoms with E-state index >= 15 is 0 Å². The molecule has 1 aromatic carbocycles. The molecule has 0 saturated heterocycles. The number of nitriles is 1. The molecular weight excluding hydrogens is 293 g/mol. The molecule has 0 unspecified atom stereocenters. The fourth-order valence-electron chi connectivity index (χ4n) is 1.08. The Morgan fingerprint density at radius 2 is 2.29 bits per heavy atom. The van der Waals surface area contributed by atoms with Gasteiger partial charge >= 0.3 is 5.97 Å². The molecule has 0 spiro atoms. The van der Waals surface area contributed by atoms with Gasteiger partial charge in [-0.1, -0.05) is 0 Å². The van der Waals surface area contributed by atoms with Crippen molar-refractivity contribution in [2.24, 2.45) is 0 Å². The summed E-state index contributed by atoms with van der Waals surface area (Å²) >= 11 is 2.14. The van der Waals surface area contributed by atoms with Crippen molar-refractivity contribution in [3.05, 3.63) is 32.9 Å². The highest BCUT2D eigenvalue weighted by Crippen LogP contribution is 2.15. The van der Waals surface area contributed by atoms with Crippen molar-refractivity contribution in [1.82, 2.24) is 0 Å². The van der Waals surface area contributed by atoms with Gasteiger partial charge in [0.1, 0.15) is 0 Å². The van der Waals surface area contributed by atoms with E-state index in [4.69, 9.17) is 10.4 Å². The van der Waals surface area contributed by atoms with Crippen molar-refractivity contribution < 1.29 is 9.90 Å². The van der Waals surface area contributed by atoms with Crippen LogP contribution < -0.4 is 0 Å². The molecule has 1 N–H and O–H groups in total. The molecule has 4 heteroatoms. The SMILES string of the molecule is N#Cc1ccc(I)c(CCC(=O)O)c1. The van der Waals surface area contributed by atoms with E-state index in [1.54, 1.807) is 12.1 Å². The summed E-state index contributed by atoms with van der Waals surface area (Å²) in [6.45, 7) is 0. The molecule has 1 aromatic rings. The molecule has 0 aromatic heterocycles. The third-order valence-corrected chi connectivity index (χ3v) is 2.84. The summed E-state index contributed by atoms with van der Waals surface area (Å²) in [5.74, 6) is -0.817. The second-order valence-corrected chi connectivity index (χ2v) is 3.97. The van der Waals surface area contributed by atoms with Crippen molar-refractivity contribution in [2.75, 3.05) is 0 Å². The van der Waals surface area contributed by atoms with E-state index in [0.717, 1.165) is 9.13 Å². The number of hydrogen-bond acceptors (Lipinski definition) is 2. The molecule has 72 valence electrons. The van der Waals surface area contributed by atoms with Crippen LogP contribution in [0.3, 0.4) is 0 Å². The highest BCUT2D eigenvalue weighted by Gasteiger charge is 2.04. The Balaban J connectivity index is 2.85. The summed E-state index contributed by atoms with van der Waals surface area (Å²) in [5.41, 5.74) is 1.50. The summed E-state index contributed by atoms with van der Waals surface area (Å²) < 4.78 is 1.00. The van der Waals surface area contributed by atoms with E-state index in [1.165, 1.54) is 0 Å². The minimum atomic E-state index is -0.817. The van der Waals surface area contributed by atoms with E-state index in [-0.39, 0.29) is 6.42 Å². The van der Waals surface area contributed by atoms with E-state index < -0.39 is 5.97 Å². The highest BCUT2D eigenvalue weighted by atomic mass is 127. The van der Waals surface area contributed by atoms with Gasteiger partial charge in [0.15, 0.2) is 0 Å². The summed E-state index contributed by atoms with van der Waals surface area (Å²) in [4.78, 5) is 10.4. The molecule has 0 amide bonds. The average Bonchev–Trinajstić information content (AvgIpc) is 2.16. The van der Waals surface area contributed by atoms with Gasteiger partial charge in [0.2, 0.25) is 0 Å². The van der Waals surface area contributed by atoms with Gasteiger partial charge in [-0.3, -0.25) is 4.79 Å². The fraction of sp³-hybridized carbons (Fsp3) is 0.200. The molecule has 0 atom stereocenters. The lowest BCUT2D eigenvalue weighted by Crippen LogP contribution is -1.99. The van der Waals surface area contributed by atoms with Gasteiger partial charge < -0.3 is 5.11 Å². The van der Waals surface area contributed by atoms with Gasteiger partial charge in [-0.15, -0.1) is 0 Å². The number of nitrogens with zero attached hydrogens (tertiary/aromatic N) is 1. The normalized spacial score (nSPS) is 9.43. The maximum absolute atomic E-state index is 10.4. The van der Waals surface area contributed by atoms with Gasteiger partial charge in [0, 0.05) is 9.99 Å². The van der Waals surface area contributed by atoms with Crippen molar-refractivity contribution >= 4 is 28.6 Å². The minimum Gasteiger partial charge on any atom is -0.481 e. The zero-order valence-electron chi connectivity index (χ0n) is 7.33. The molecule has 0 fully saturated rings. The highest BCUT2D eigenvalue weighted by molar-refractivity contribution is 14.1. The first-order valence-electron chi connectivity index (χ1n) is 4.04. The Morgan fingerprint density at radius 1 is 1.57 bits per heavy atom. The second kappa shape index (κ2) is 4.96. The Morgan fingerprint density at radius 3 is 2.86 bits per heavy atom. The number of carbonyl (C=O) groups is 1. The van der Waals surface area contributed by atoms with Crippen molar-refractivity contribution in [3.63, 3.8) is 0 Å². The molecule has 14 heavy (non-hydrogen) atoms. The van der Waals surface area contributed by atoms with Gasteiger partial charge in [-0.25, -0.2) is 0 Å². The molecule has 0 aliphatic carbocycles. The Kier molecular flexibility index (Phi) is 3.89. The lowest BCUT2D eigenvalue weighted by molar-refractivity contribution is -0.136. The van der Waals surface area contributed by atoms with E-state index in [2.05, 4.69) is 22.6 Å². The molecule has 0 heterocycles. The molecule has 0 aliphatic rings. The number of halogens is 1. The second-order valence-electron chi connectivity index (χ2n) is 2.81.